The minimum atomic E-state index is 0.688. The van der Waals surface area contributed by atoms with Crippen LogP contribution in [0.15, 0.2) is 0 Å². The van der Waals surface area contributed by atoms with Gasteiger partial charge in [0.25, 0.3) is 0 Å². The van der Waals surface area contributed by atoms with E-state index in [1.54, 1.807) is 0 Å². The molecule has 0 aliphatic heterocycles. The fraction of sp³-hybridized carbons (Fsp3) is 1.00. The van der Waals surface area contributed by atoms with Crippen LogP contribution in [0.3, 0.4) is 0 Å². The van der Waals surface area contributed by atoms with Gasteiger partial charge in [-0.15, -0.1) is 0 Å². The smallest absolute Gasteiger partial charge is 0.00581 e. The first kappa shape index (κ1) is 16.3. The highest BCUT2D eigenvalue weighted by molar-refractivity contribution is 7.99. The van der Waals surface area contributed by atoms with Gasteiger partial charge in [0.1, 0.15) is 0 Å². The van der Waals surface area contributed by atoms with Crippen LogP contribution in [-0.2, 0) is 0 Å². The van der Waals surface area contributed by atoms with Crippen LogP contribution in [0.5, 0.6) is 0 Å². The first-order valence-electron chi connectivity index (χ1n) is 6.83. The van der Waals surface area contributed by atoms with E-state index in [-0.39, 0.29) is 0 Å². The minimum Gasteiger partial charge on any atom is -0.313 e. The lowest BCUT2D eigenvalue weighted by Gasteiger charge is -2.14. The zero-order valence-electron chi connectivity index (χ0n) is 11.9. The quantitative estimate of drug-likeness (QED) is 0.580. The van der Waals surface area contributed by atoms with Crippen LogP contribution in [0, 0.1) is 11.8 Å². The van der Waals surface area contributed by atoms with Gasteiger partial charge in [-0.2, -0.15) is 11.8 Å². The lowest BCUT2D eigenvalue weighted by molar-refractivity contribution is 0.460. The number of nitrogens with one attached hydrogen (secondary N) is 1. The van der Waals surface area contributed by atoms with Crippen molar-refractivity contribution in [1.82, 2.24) is 5.32 Å². The number of hydrogen-bond donors (Lipinski definition) is 1. The fourth-order valence-electron chi connectivity index (χ4n) is 1.48. The Hall–Kier alpha value is 0.310. The molecule has 0 aromatic heterocycles. The number of rotatable bonds is 10. The number of hydrogen-bond acceptors (Lipinski definition) is 2. The molecule has 0 aromatic rings. The van der Waals surface area contributed by atoms with E-state index in [0.29, 0.717) is 6.04 Å². The van der Waals surface area contributed by atoms with E-state index in [9.17, 15) is 0 Å². The van der Waals surface area contributed by atoms with Gasteiger partial charge in [-0.3, -0.25) is 0 Å². The van der Waals surface area contributed by atoms with Gasteiger partial charge in [-0.25, -0.2) is 0 Å². The van der Waals surface area contributed by atoms with Gasteiger partial charge in [0.2, 0.25) is 0 Å². The van der Waals surface area contributed by atoms with E-state index < -0.39 is 0 Å². The van der Waals surface area contributed by atoms with Gasteiger partial charge in [0, 0.05) is 18.3 Å². The predicted molar refractivity (Wildman–Crippen MR) is 78.3 cm³/mol. The Morgan fingerprint density at radius 1 is 0.812 bits per heavy atom. The molecule has 1 unspecified atom stereocenters. The Balaban J connectivity index is 3.18. The molecular formula is C14H31NS. The molecular weight excluding hydrogens is 214 g/mol. The molecule has 0 fully saturated rings. The monoisotopic (exact) mass is 245 g/mol. The van der Waals surface area contributed by atoms with Crippen molar-refractivity contribution in [3.63, 3.8) is 0 Å². The summed E-state index contributed by atoms with van der Waals surface area (Å²) in [6.45, 7) is 12.7. The summed E-state index contributed by atoms with van der Waals surface area (Å²) in [5, 5.41) is 3.61. The van der Waals surface area contributed by atoms with E-state index in [2.05, 4.69) is 51.7 Å². The van der Waals surface area contributed by atoms with Crippen molar-refractivity contribution in [3.8, 4) is 0 Å². The Morgan fingerprint density at radius 2 is 1.44 bits per heavy atom. The highest BCUT2D eigenvalue weighted by Gasteiger charge is 2.02. The summed E-state index contributed by atoms with van der Waals surface area (Å²) in [6, 6.07) is 0.688. The van der Waals surface area contributed by atoms with Crippen LogP contribution in [-0.4, -0.2) is 24.1 Å². The third kappa shape index (κ3) is 12.4. The second-order valence-corrected chi connectivity index (χ2v) is 6.85. The van der Waals surface area contributed by atoms with E-state index in [1.807, 2.05) is 0 Å². The number of thioether (sulfide) groups is 1. The molecule has 0 aromatic carbocycles. The van der Waals surface area contributed by atoms with Crippen LogP contribution in [0.4, 0.5) is 0 Å². The Labute approximate surface area is 107 Å². The molecule has 16 heavy (non-hydrogen) atoms. The summed E-state index contributed by atoms with van der Waals surface area (Å²) >= 11 is 2.09. The Bertz CT molecular complexity index is 146. The third-order valence-corrected chi connectivity index (χ3v) is 3.77. The van der Waals surface area contributed by atoms with E-state index >= 15 is 0 Å². The van der Waals surface area contributed by atoms with Gasteiger partial charge < -0.3 is 5.32 Å². The summed E-state index contributed by atoms with van der Waals surface area (Å²) in [4.78, 5) is 0. The van der Waals surface area contributed by atoms with Crippen molar-refractivity contribution in [1.29, 1.82) is 0 Å². The topological polar surface area (TPSA) is 12.0 Å². The minimum absolute atomic E-state index is 0.688. The van der Waals surface area contributed by atoms with E-state index in [4.69, 9.17) is 0 Å². The van der Waals surface area contributed by atoms with Gasteiger partial charge >= 0.3 is 0 Å². The molecule has 0 aliphatic carbocycles. The molecule has 1 N–H and O–H groups in total. The fourth-order valence-corrected chi connectivity index (χ4v) is 2.59. The van der Waals surface area contributed by atoms with Gasteiger partial charge in [0.15, 0.2) is 0 Å². The molecule has 1 nitrogen and oxygen atoms in total. The summed E-state index contributed by atoms with van der Waals surface area (Å²) in [5.74, 6) is 4.27. The first-order chi connectivity index (χ1) is 7.52. The van der Waals surface area contributed by atoms with Crippen LogP contribution >= 0.6 is 11.8 Å². The Morgan fingerprint density at radius 3 is 2.00 bits per heavy atom. The van der Waals surface area contributed by atoms with Crippen molar-refractivity contribution in [2.75, 3.05) is 18.1 Å². The molecule has 0 radical (unpaired) electrons. The maximum Gasteiger partial charge on any atom is 0.00581 e. The molecule has 0 amide bonds. The first-order valence-corrected chi connectivity index (χ1v) is 7.99. The van der Waals surface area contributed by atoms with Crippen molar-refractivity contribution in [3.05, 3.63) is 0 Å². The predicted octanol–water partition coefficient (Wildman–Crippen LogP) is 4.18. The Kier molecular flexibility index (Phi) is 10.7. The largest absolute Gasteiger partial charge is 0.313 e. The molecule has 0 saturated heterocycles. The second-order valence-electron chi connectivity index (χ2n) is 5.62. The molecule has 98 valence electrons. The van der Waals surface area contributed by atoms with Gasteiger partial charge in [-0.05, 0) is 43.8 Å². The molecule has 0 rings (SSSR count). The highest BCUT2D eigenvalue weighted by Crippen LogP contribution is 2.09. The summed E-state index contributed by atoms with van der Waals surface area (Å²) in [7, 11) is 0. The van der Waals surface area contributed by atoms with Crippen LogP contribution in [0.2, 0.25) is 0 Å². The lowest BCUT2D eigenvalue weighted by Crippen LogP contribution is -2.28. The van der Waals surface area contributed by atoms with Crippen LogP contribution in [0.1, 0.15) is 53.9 Å². The zero-order chi connectivity index (χ0) is 12.4. The third-order valence-electron chi connectivity index (χ3n) is 2.76. The maximum atomic E-state index is 3.61. The van der Waals surface area contributed by atoms with Gasteiger partial charge in [-0.1, -0.05) is 27.7 Å². The van der Waals surface area contributed by atoms with Gasteiger partial charge in [0.05, 0.1) is 0 Å². The standard InChI is InChI=1S/C14H31NS/c1-12(2)6-7-14(5)15-9-11-16-10-8-13(3)4/h12-15H,6-11H2,1-5H3. The van der Waals surface area contributed by atoms with Crippen molar-refractivity contribution >= 4 is 11.8 Å². The molecule has 0 spiro atoms. The van der Waals surface area contributed by atoms with E-state index in [1.165, 1.54) is 37.3 Å². The molecule has 1 atom stereocenters. The van der Waals surface area contributed by atoms with Crippen molar-refractivity contribution in [2.45, 2.75) is 59.9 Å². The van der Waals surface area contributed by atoms with E-state index in [0.717, 1.165) is 11.8 Å². The maximum absolute atomic E-state index is 3.61. The average Bonchev–Trinajstić information content (AvgIpc) is 2.19. The van der Waals surface area contributed by atoms with Crippen molar-refractivity contribution < 1.29 is 0 Å². The molecule has 0 bridgehead atoms. The summed E-state index contributed by atoms with van der Waals surface area (Å²) in [5.41, 5.74) is 0. The molecule has 0 heterocycles. The van der Waals surface area contributed by atoms with Crippen LogP contribution in [0.25, 0.3) is 0 Å². The van der Waals surface area contributed by atoms with Crippen LogP contribution < -0.4 is 5.32 Å². The molecule has 0 saturated carbocycles. The molecule has 2 heteroatoms. The summed E-state index contributed by atoms with van der Waals surface area (Å²) < 4.78 is 0. The normalized spacial score (nSPS) is 13.7. The summed E-state index contributed by atoms with van der Waals surface area (Å²) in [6.07, 6.45) is 4.01. The second kappa shape index (κ2) is 10.5. The average molecular weight is 245 g/mol. The van der Waals surface area contributed by atoms with Crippen molar-refractivity contribution in [2.24, 2.45) is 11.8 Å². The molecule has 0 aliphatic rings. The lowest BCUT2D eigenvalue weighted by atomic mass is 10.0. The zero-order valence-corrected chi connectivity index (χ0v) is 12.7. The SMILES string of the molecule is CC(C)CCSCCNC(C)CCC(C)C. The highest BCUT2D eigenvalue weighted by atomic mass is 32.2.